The molecule has 2 bridgehead atoms. The van der Waals surface area contributed by atoms with Crippen LogP contribution in [0.2, 0.25) is 0 Å². The summed E-state index contributed by atoms with van der Waals surface area (Å²) in [6, 6.07) is 6.22. The zero-order valence-electron chi connectivity index (χ0n) is 11.9. The summed E-state index contributed by atoms with van der Waals surface area (Å²) in [6.07, 6.45) is 6.13. The molecule has 0 heterocycles. The quantitative estimate of drug-likeness (QED) is 0.869. The van der Waals surface area contributed by atoms with Gasteiger partial charge in [-0.25, -0.2) is 0 Å². The van der Waals surface area contributed by atoms with Crippen LogP contribution in [0.15, 0.2) is 18.2 Å². The number of hydrogen-bond acceptors (Lipinski definition) is 1. The fourth-order valence-electron chi connectivity index (χ4n) is 3.94. The van der Waals surface area contributed by atoms with E-state index in [1.807, 2.05) is 6.92 Å². The van der Waals surface area contributed by atoms with E-state index >= 15 is 0 Å². The lowest BCUT2D eigenvalue weighted by molar-refractivity contribution is -0.117. The standard InChI is InChI=1S/C17H23NO/c1-11-3-4-12(2)16(7-11)18-17(19)10-15-9-13-5-6-14(15)8-13/h3-4,7,13-15H,5-6,8-10H2,1-2H3,(H,18,19). The number of nitrogens with one attached hydrogen (secondary N) is 1. The normalized spacial score (nSPS) is 28.6. The molecule has 1 aromatic rings. The number of rotatable bonds is 3. The number of fused-ring (bicyclic) bond motifs is 2. The molecule has 3 atom stereocenters. The van der Waals surface area contributed by atoms with Crippen LogP contribution < -0.4 is 5.32 Å². The van der Waals surface area contributed by atoms with Crippen molar-refractivity contribution < 1.29 is 4.79 Å². The summed E-state index contributed by atoms with van der Waals surface area (Å²) >= 11 is 0. The highest BCUT2D eigenvalue weighted by atomic mass is 16.1. The van der Waals surface area contributed by atoms with Crippen molar-refractivity contribution in [1.29, 1.82) is 0 Å². The Balaban J connectivity index is 1.61. The van der Waals surface area contributed by atoms with E-state index in [-0.39, 0.29) is 5.91 Å². The van der Waals surface area contributed by atoms with Crippen LogP contribution in [0.5, 0.6) is 0 Å². The summed E-state index contributed by atoms with van der Waals surface area (Å²) in [5, 5.41) is 3.10. The molecule has 2 fully saturated rings. The van der Waals surface area contributed by atoms with Crippen molar-refractivity contribution in [2.45, 2.75) is 46.0 Å². The van der Waals surface area contributed by atoms with Gasteiger partial charge in [0, 0.05) is 12.1 Å². The predicted octanol–water partition coefficient (Wildman–Crippen LogP) is 4.07. The van der Waals surface area contributed by atoms with Gasteiger partial charge in [-0.1, -0.05) is 18.6 Å². The Labute approximate surface area is 115 Å². The molecule has 0 saturated heterocycles. The first-order valence-corrected chi connectivity index (χ1v) is 7.49. The number of hydrogen-bond donors (Lipinski definition) is 1. The number of benzene rings is 1. The number of anilines is 1. The molecule has 2 nitrogen and oxygen atoms in total. The van der Waals surface area contributed by atoms with Crippen molar-refractivity contribution in [2.24, 2.45) is 17.8 Å². The molecular weight excluding hydrogens is 234 g/mol. The molecule has 0 spiro atoms. The van der Waals surface area contributed by atoms with Gasteiger partial charge in [0.25, 0.3) is 0 Å². The maximum atomic E-state index is 12.2. The van der Waals surface area contributed by atoms with E-state index in [2.05, 4.69) is 30.4 Å². The monoisotopic (exact) mass is 257 g/mol. The minimum Gasteiger partial charge on any atom is -0.326 e. The smallest absolute Gasteiger partial charge is 0.224 e. The SMILES string of the molecule is Cc1ccc(C)c(NC(=O)CC2CC3CCC2C3)c1. The molecule has 102 valence electrons. The molecule has 0 aromatic heterocycles. The van der Waals surface area contributed by atoms with Gasteiger partial charge in [0.15, 0.2) is 0 Å². The van der Waals surface area contributed by atoms with Crippen molar-refractivity contribution in [3.8, 4) is 0 Å². The van der Waals surface area contributed by atoms with E-state index in [0.29, 0.717) is 12.3 Å². The van der Waals surface area contributed by atoms with Gasteiger partial charge in [-0.05, 0) is 68.1 Å². The van der Waals surface area contributed by atoms with Crippen LogP contribution in [0.4, 0.5) is 5.69 Å². The largest absolute Gasteiger partial charge is 0.326 e. The van der Waals surface area contributed by atoms with Gasteiger partial charge in [-0.15, -0.1) is 0 Å². The van der Waals surface area contributed by atoms with E-state index in [1.165, 1.54) is 31.2 Å². The maximum Gasteiger partial charge on any atom is 0.224 e. The van der Waals surface area contributed by atoms with Gasteiger partial charge in [-0.2, -0.15) is 0 Å². The molecule has 1 amide bonds. The van der Waals surface area contributed by atoms with Crippen molar-refractivity contribution in [3.05, 3.63) is 29.3 Å². The first kappa shape index (κ1) is 12.7. The average Bonchev–Trinajstić information content (AvgIpc) is 2.96. The second-order valence-corrected chi connectivity index (χ2v) is 6.51. The third kappa shape index (κ3) is 2.68. The lowest BCUT2D eigenvalue weighted by Gasteiger charge is -2.21. The Morgan fingerprint density at radius 3 is 2.79 bits per heavy atom. The molecule has 19 heavy (non-hydrogen) atoms. The van der Waals surface area contributed by atoms with Crippen LogP contribution in [0.1, 0.15) is 43.2 Å². The minimum absolute atomic E-state index is 0.200. The molecular formula is C17H23NO. The summed E-state index contributed by atoms with van der Waals surface area (Å²) in [5.74, 6) is 2.59. The third-order valence-corrected chi connectivity index (χ3v) is 5.00. The second-order valence-electron chi connectivity index (χ2n) is 6.51. The van der Waals surface area contributed by atoms with Crippen LogP contribution in [-0.2, 0) is 4.79 Å². The highest BCUT2D eigenvalue weighted by Gasteiger charge is 2.40. The van der Waals surface area contributed by atoms with E-state index < -0.39 is 0 Å². The Kier molecular flexibility index (Phi) is 3.34. The van der Waals surface area contributed by atoms with E-state index in [1.54, 1.807) is 0 Å². The number of carbonyl (C=O) groups is 1. The van der Waals surface area contributed by atoms with Crippen LogP contribution in [0.25, 0.3) is 0 Å². The molecule has 2 aliphatic rings. The van der Waals surface area contributed by atoms with E-state index in [0.717, 1.165) is 23.1 Å². The van der Waals surface area contributed by atoms with E-state index in [9.17, 15) is 4.79 Å². The highest BCUT2D eigenvalue weighted by molar-refractivity contribution is 5.91. The molecule has 3 rings (SSSR count). The Hall–Kier alpha value is -1.31. The van der Waals surface area contributed by atoms with Crippen LogP contribution >= 0.6 is 0 Å². The zero-order chi connectivity index (χ0) is 13.4. The topological polar surface area (TPSA) is 29.1 Å². The molecule has 3 unspecified atom stereocenters. The Morgan fingerprint density at radius 2 is 2.11 bits per heavy atom. The van der Waals surface area contributed by atoms with Crippen molar-refractivity contribution in [3.63, 3.8) is 0 Å². The van der Waals surface area contributed by atoms with E-state index in [4.69, 9.17) is 0 Å². The van der Waals surface area contributed by atoms with Crippen molar-refractivity contribution in [1.82, 2.24) is 0 Å². The molecule has 2 aliphatic carbocycles. The van der Waals surface area contributed by atoms with Crippen LogP contribution in [0, 0.1) is 31.6 Å². The van der Waals surface area contributed by atoms with Gasteiger partial charge in [0.2, 0.25) is 5.91 Å². The molecule has 0 aliphatic heterocycles. The summed E-state index contributed by atoms with van der Waals surface area (Å²) in [4.78, 5) is 12.2. The molecule has 2 heteroatoms. The first-order chi connectivity index (χ1) is 9.11. The number of amides is 1. The fourth-order valence-corrected chi connectivity index (χ4v) is 3.94. The second kappa shape index (κ2) is 4.99. The summed E-state index contributed by atoms with van der Waals surface area (Å²) < 4.78 is 0. The average molecular weight is 257 g/mol. The molecule has 2 saturated carbocycles. The third-order valence-electron chi connectivity index (χ3n) is 5.00. The first-order valence-electron chi connectivity index (χ1n) is 7.49. The molecule has 1 N–H and O–H groups in total. The van der Waals surface area contributed by atoms with Gasteiger partial charge in [0.05, 0.1) is 0 Å². The van der Waals surface area contributed by atoms with Crippen molar-refractivity contribution >= 4 is 11.6 Å². The Morgan fingerprint density at radius 1 is 1.26 bits per heavy atom. The summed E-state index contributed by atoms with van der Waals surface area (Å²) in [6.45, 7) is 4.11. The van der Waals surface area contributed by atoms with Crippen LogP contribution in [0.3, 0.4) is 0 Å². The number of carbonyl (C=O) groups excluding carboxylic acids is 1. The maximum absolute atomic E-state index is 12.2. The number of aryl methyl sites for hydroxylation is 2. The lowest BCUT2D eigenvalue weighted by atomic mass is 9.86. The molecule has 1 aromatic carbocycles. The minimum atomic E-state index is 0.200. The zero-order valence-corrected chi connectivity index (χ0v) is 11.9. The van der Waals surface area contributed by atoms with Crippen molar-refractivity contribution in [2.75, 3.05) is 5.32 Å². The van der Waals surface area contributed by atoms with Crippen LogP contribution in [-0.4, -0.2) is 5.91 Å². The lowest BCUT2D eigenvalue weighted by Crippen LogP contribution is -2.20. The Bertz CT molecular complexity index is 494. The summed E-state index contributed by atoms with van der Waals surface area (Å²) in [5.41, 5.74) is 3.32. The van der Waals surface area contributed by atoms with Gasteiger partial charge in [-0.3, -0.25) is 4.79 Å². The van der Waals surface area contributed by atoms with Gasteiger partial charge < -0.3 is 5.32 Å². The van der Waals surface area contributed by atoms with Gasteiger partial charge in [0.1, 0.15) is 0 Å². The molecule has 0 radical (unpaired) electrons. The predicted molar refractivity (Wildman–Crippen MR) is 78.1 cm³/mol. The fraction of sp³-hybridized carbons (Fsp3) is 0.588. The highest BCUT2D eigenvalue weighted by Crippen LogP contribution is 2.49. The van der Waals surface area contributed by atoms with Gasteiger partial charge >= 0.3 is 0 Å². The summed E-state index contributed by atoms with van der Waals surface area (Å²) in [7, 11) is 0.